The molecule has 0 heteroatoms. The lowest BCUT2D eigenvalue weighted by molar-refractivity contribution is 1.70. The standard InChI is InChI=1S/C22H14/c1-3-5-15-11-17-7-9-19-13-16(6-4-2)14-20-10-8-18(12-15)21(17)22(19)20/h7-14H,1-2H3. The molecule has 0 fully saturated rings. The summed E-state index contributed by atoms with van der Waals surface area (Å²) in [7, 11) is 0. The Hall–Kier alpha value is -2.96. The molecule has 0 radical (unpaired) electrons. The fraction of sp³-hybridized carbons (Fsp3) is 0.0909. The Bertz CT molecular complexity index is 979. The monoisotopic (exact) mass is 278 g/mol. The van der Waals surface area contributed by atoms with Crippen molar-refractivity contribution in [3.8, 4) is 23.7 Å². The van der Waals surface area contributed by atoms with Crippen LogP contribution < -0.4 is 0 Å². The number of benzene rings is 4. The summed E-state index contributed by atoms with van der Waals surface area (Å²) in [5.74, 6) is 12.3. The highest BCUT2D eigenvalue weighted by Crippen LogP contribution is 2.35. The zero-order valence-electron chi connectivity index (χ0n) is 12.6. The van der Waals surface area contributed by atoms with Gasteiger partial charge >= 0.3 is 0 Å². The van der Waals surface area contributed by atoms with Gasteiger partial charge in [-0.1, -0.05) is 36.1 Å². The minimum atomic E-state index is 1.07. The minimum absolute atomic E-state index is 1.07. The Morgan fingerprint density at radius 2 is 0.864 bits per heavy atom. The van der Waals surface area contributed by atoms with Crippen molar-refractivity contribution in [2.75, 3.05) is 0 Å². The van der Waals surface area contributed by atoms with Crippen LogP contribution in [0.3, 0.4) is 0 Å². The fourth-order valence-electron chi connectivity index (χ4n) is 3.27. The summed E-state index contributed by atoms with van der Waals surface area (Å²) in [5.41, 5.74) is 2.15. The highest BCUT2D eigenvalue weighted by atomic mass is 14.1. The molecular formula is C22H14. The second-order valence-electron chi connectivity index (χ2n) is 5.48. The van der Waals surface area contributed by atoms with E-state index in [0.717, 1.165) is 11.1 Å². The van der Waals surface area contributed by atoms with Gasteiger partial charge in [0.15, 0.2) is 0 Å². The molecule has 0 bridgehead atoms. The summed E-state index contributed by atoms with van der Waals surface area (Å²) in [6, 6.07) is 17.5. The number of rotatable bonds is 0. The van der Waals surface area contributed by atoms with Crippen molar-refractivity contribution in [3.05, 3.63) is 59.7 Å². The van der Waals surface area contributed by atoms with Crippen molar-refractivity contribution in [1.82, 2.24) is 0 Å². The first kappa shape index (κ1) is 12.8. The van der Waals surface area contributed by atoms with E-state index in [2.05, 4.69) is 72.2 Å². The maximum Gasteiger partial charge on any atom is 0.0257 e. The van der Waals surface area contributed by atoms with E-state index in [9.17, 15) is 0 Å². The average Bonchev–Trinajstić information content (AvgIpc) is 2.53. The van der Waals surface area contributed by atoms with Crippen LogP contribution in [0.15, 0.2) is 48.5 Å². The normalized spacial score (nSPS) is 10.5. The zero-order valence-corrected chi connectivity index (χ0v) is 12.6. The maximum atomic E-state index is 3.17. The summed E-state index contributed by atoms with van der Waals surface area (Å²) in [6.45, 7) is 3.75. The van der Waals surface area contributed by atoms with E-state index >= 15 is 0 Å². The molecule has 4 rings (SSSR count). The SMILES string of the molecule is CC#Cc1cc2ccc3cc(C#CC)cc4ccc(c1)c2c34. The first-order chi connectivity index (χ1) is 10.8. The van der Waals surface area contributed by atoms with Crippen LogP contribution in [0.2, 0.25) is 0 Å². The van der Waals surface area contributed by atoms with Gasteiger partial charge in [0.05, 0.1) is 0 Å². The van der Waals surface area contributed by atoms with E-state index in [-0.39, 0.29) is 0 Å². The minimum Gasteiger partial charge on any atom is -0.101 e. The first-order valence-electron chi connectivity index (χ1n) is 7.38. The van der Waals surface area contributed by atoms with Gasteiger partial charge in [0.25, 0.3) is 0 Å². The van der Waals surface area contributed by atoms with Crippen molar-refractivity contribution in [3.63, 3.8) is 0 Å². The van der Waals surface area contributed by atoms with E-state index in [0.29, 0.717) is 0 Å². The molecule has 0 aliphatic heterocycles. The van der Waals surface area contributed by atoms with Gasteiger partial charge in [-0.3, -0.25) is 0 Å². The molecule has 0 aromatic heterocycles. The molecule has 0 nitrogen and oxygen atoms in total. The molecule has 0 amide bonds. The molecule has 22 heavy (non-hydrogen) atoms. The molecule has 0 heterocycles. The third kappa shape index (κ3) is 1.82. The zero-order chi connectivity index (χ0) is 15.1. The summed E-state index contributed by atoms with van der Waals surface area (Å²) < 4.78 is 0. The van der Waals surface area contributed by atoms with Gasteiger partial charge in [0.2, 0.25) is 0 Å². The lowest BCUT2D eigenvalue weighted by Gasteiger charge is -2.11. The van der Waals surface area contributed by atoms with E-state index in [1.165, 1.54) is 32.3 Å². The molecule has 0 spiro atoms. The fourth-order valence-corrected chi connectivity index (χ4v) is 3.27. The topological polar surface area (TPSA) is 0 Å². The van der Waals surface area contributed by atoms with Crippen molar-refractivity contribution < 1.29 is 0 Å². The highest BCUT2D eigenvalue weighted by Gasteiger charge is 2.09. The second-order valence-corrected chi connectivity index (χ2v) is 5.48. The quantitative estimate of drug-likeness (QED) is 0.301. The van der Waals surface area contributed by atoms with E-state index in [4.69, 9.17) is 0 Å². The van der Waals surface area contributed by atoms with Crippen LogP contribution in [0, 0.1) is 23.7 Å². The van der Waals surface area contributed by atoms with Gasteiger partial charge in [-0.25, -0.2) is 0 Å². The molecule has 0 unspecified atom stereocenters. The lowest BCUT2D eigenvalue weighted by atomic mass is 9.92. The highest BCUT2D eigenvalue weighted by molar-refractivity contribution is 6.23. The molecule has 0 N–H and O–H groups in total. The van der Waals surface area contributed by atoms with Gasteiger partial charge in [0, 0.05) is 11.1 Å². The summed E-state index contributed by atoms with van der Waals surface area (Å²) in [4.78, 5) is 0. The molecule has 4 aromatic carbocycles. The first-order valence-corrected chi connectivity index (χ1v) is 7.38. The summed E-state index contributed by atoms with van der Waals surface area (Å²) in [6.07, 6.45) is 0. The molecule has 0 saturated carbocycles. The summed E-state index contributed by atoms with van der Waals surface area (Å²) in [5, 5.41) is 7.66. The van der Waals surface area contributed by atoms with Crippen LogP contribution in [0.5, 0.6) is 0 Å². The average molecular weight is 278 g/mol. The maximum absolute atomic E-state index is 3.17. The third-order valence-electron chi connectivity index (χ3n) is 4.07. The second kappa shape index (κ2) is 4.80. The van der Waals surface area contributed by atoms with Crippen LogP contribution in [-0.4, -0.2) is 0 Å². The largest absolute Gasteiger partial charge is 0.101 e. The van der Waals surface area contributed by atoms with Crippen molar-refractivity contribution in [1.29, 1.82) is 0 Å². The number of hydrogen-bond donors (Lipinski definition) is 0. The van der Waals surface area contributed by atoms with Crippen molar-refractivity contribution >= 4 is 32.3 Å². The van der Waals surface area contributed by atoms with Gasteiger partial charge in [-0.2, -0.15) is 0 Å². The predicted molar refractivity (Wildman–Crippen MR) is 95.3 cm³/mol. The van der Waals surface area contributed by atoms with E-state index < -0.39 is 0 Å². The molecule has 0 aliphatic carbocycles. The smallest absolute Gasteiger partial charge is 0.0257 e. The Morgan fingerprint density at radius 3 is 1.14 bits per heavy atom. The molecule has 0 saturated heterocycles. The molecular weight excluding hydrogens is 264 g/mol. The van der Waals surface area contributed by atoms with Gasteiger partial charge < -0.3 is 0 Å². The number of hydrogen-bond acceptors (Lipinski definition) is 0. The molecule has 0 atom stereocenters. The van der Waals surface area contributed by atoms with Crippen molar-refractivity contribution in [2.24, 2.45) is 0 Å². The van der Waals surface area contributed by atoms with E-state index in [1.54, 1.807) is 0 Å². The van der Waals surface area contributed by atoms with Crippen LogP contribution in [-0.2, 0) is 0 Å². The van der Waals surface area contributed by atoms with Crippen LogP contribution in [0.1, 0.15) is 25.0 Å². The molecule has 4 aromatic rings. The molecule has 102 valence electrons. The van der Waals surface area contributed by atoms with Gasteiger partial charge in [-0.05, 0) is 70.4 Å². The van der Waals surface area contributed by atoms with Crippen LogP contribution >= 0.6 is 0 Å². The Kier molecular flexibility index (Phi) is 2.78. The third-order valence-corrected chi connectivity index (χ3v) is 4.07. The predicted octanol–water partition coefficient (Wildman–Crippen LogP) is 5.33. The van der Waals surface area contributed by atoms with Crippen LogP contribution in [0.4, 0.5) is 0 Å². The van der Waals surface area contributed by atoms with Gasteiger partial charge in [-0.15, -0.1) is 11.8 Å². The Morgan fingerprint density at radius 1 is 0.545 bits per heavy atom. The van der Waals surface area contributed by atoms with E-state index in [1.807, 2.05) is 13.8 Å². The molecule has 0 aliphatic rings. The van der Waals surface area contributed by atoms with Gasteiger partial charge in [0.1, 0.15) is 0 Å². The van der Waals surface area contributed by atoms with Crippen molar-refractivity contribution in [2.45, 2.75) is 13.8 Å². The lowest BCUT2D eigenvalue weighted by Crippen LogP contribution is -1.87. The Labute approximate surface area is 130 Å². The van der Waals surface area contributed by atoms with Crippen LogP contribution in [0.25, 0.3) is 32.3 Å². The summed E-state index contributed by atoms with van der Waals surface area (Å²) >= 11 is 0. The Balaban J connectivity index is 2.19.